The minimum Gasteiger partial charge on any atom is -0.364 e. The third kappa shape index (κ3) is 1.20. The minimum absolute atomic E-state index is 0.330. The Bertz CT molecular complexity index is 265. The summed E-state index contributed by atoms with van der Waals surface area (Å²) in [5.41, 5.74) is 1.21. The van der Waals surface area contributed by atoms with Crippen LogP contribution >= 0.6 is 15.9 Å². The summed E-state index contributed by atoms with van der Waals surface area (Å²) in [4.78, 5) is 2.14. The van der Waals surface area contributed by atoms with Gasteiger partial charge in [-0.2, -0.15) is 0 Å². The van der Waals surface area contributed by atoms with E-state index in [4.69, 9.17) is 0 Å². The molecule has 0 aliphatic carbocycles. The predicted molar refractivity (Wildman–Crippen MR) is 48.7 cm³/mol. The van der Waals surface area contributed by atoms with Crippen LogP contribution in [-0.2, 0) is 0 Å². The number of nitrogens with one attached hydrogen (secondary N) is 1. The van der Waals surface area contributed by atoms with E-state index in [1.165, 1.54) is 5.70 Å². The Hall–Kier alpha value is -0.700. The monoisotopic (exact) mass is 212 g/mol. The molecule has 0 bridgehead atoms. The minimum atomic E-state index is 0.330. The van der Waals surface area contributed by atoms with Crippen molar-refractivity contribution in [1.29, 1.82) is 0 Å². The van der Waals surface area contributed by atoms with Crippen molar-refractivity contribution in [3.05, 3.63) is 34.7 Å². The first kappa shape index (κ1) is 6.98. The molecule has 0 fully saturated rings. The Kier molecular flexibility index (Phi) is 1.53. The summed E-state index contributed by atoms with van der Waals surface area (Å²) in [6.07, 6.45) is 8.66. The standard InChI is InChI=1S/C8H9BrN2/c1-6-4-11-5-7(9)2-3-8(11)10-6/h2-5,8,10H,1H3. The van der Waals surface area contributed by atoms with Crippen LogP contribution in [0.15, 0.2) is 34.7 Å². The number of hydrogen-bond donors (Lipinski definition) is 1. The number of halogens is 1. The lowest BCUT2D eigenvalue weighted by molar-refractivity contribution is 0.423. The van der Waals surface area contributed by atoms with Crippen molar-refractivity contribution in [2.75, 3.05) is 0 Å². The molecule has 0 aromatic carbocycles. The van der Waals surface area contributed by atoms with Gasteiger partial charge in [-0.1, -0.05) is 0 Å². The quantitative estimate of drug-likeness (QED) is 0.660. The van der Waals surface area contributed by atoms with Crippen molar-refractivity contribution in [2.45, 2.75) is 13.1 Å². The number of fused-ring (bicyclic) bond motifs is 1. The molecule has 0 spiro atoms. The molecule has 2 heterocycles. The third-order valence-corrected chi connectivity index (χ3v) is 2.22. The molecule has 3 heteroatoms. The van der Waals surface area contributed by atoms with Crippen molar-refractivity contribution in [1.82, 2.24) is 10.2 Å². The van der Waals surface area contributed by atoms with Crippen LogP contribution in [0.25, 0.3) is 0 Å². The van der Waals surface area contributed by atoms with Gasteiger partial charge < -0.3 is 10.2 Å². The topological polar surface area (TPSA) is 15.3 Å². The van der Waals surface area contributed by atoms with Crippen LogP contribution in [0, 0.1) is 0 Å². The number of hydrogen-bond acceptors (Lipinski definition) is 2. The van der Waals surface area contributed by atoms with Gasteiger partial charge in [0.2, 0.25) is 0 Å². The van der Waals surface area contributed by atoms with Gasteiger partial charge in [0, 0.05) is 22.6 Å². The maximum atomic E-state index is 3.42. The second-order valence-corrected chi connectivity index (χ2v) is 3.64. The lowest BCUT2D eigenvalue weighted by Gasteiger charge is -2.22. The smallest absolute Gasteiger partial charge is 0.122 e. The lowest BCUT2D eigenvalue weighted by Crippen LogP contribution is -2.32. The van der Waals surface area contributed by atoms with Crippen LogP contribution in [0.4, 0.5) is 0 Å². The van der Waals surface area contributed by atoms with Gasteiger partial charge in [0.1, 0.15) is 6.17 Å². The molecule has 2 nitrogen and oxygen atoms in total. The van der Waals surface area contributed by atoms with Gasteiger partial charge in [-0.3, -0.25) is 0 Å². The molecule has 0 saturated carbocycles. The van der Waals surface area contributed by atoms with Gasteiger partial charge in [0.25, 0.3) is 0 Å². The van der Waals surface area contributed by atoms with E-state index < -0.39 is 0 Å². The van der Waals surface area contributed by atoms with Gasteiger partial charge >= 0.3 is 0 Å². The summed E-state index contributed by atoms with van der Waals surface area (Å²) in [7, 11) is 0. The van der Waals surface area contributed by atoms with Crippen molar-refractivity contribution in [3.8, 4) is 0 Å². The molecule has 0 amide bonds. The second-order valence-electron chi connectivity index (χ2n) is 2.72. The summed E-state index contributed by atoms with van der Waals surface area (Å²) < 4.78 is 1.11. The zero-order valence-electron chi connectivity index (χ0n) is 6.21. The molecule has 11 heavy (non-hydrogen) atoms. The molecule has 2 rings (SSSR count). The first-order chi connectivity index (χ1) is 5.25. The highest BCUT2D eigenvalue weighted by Gasteiger charge is 2.19. The Labute approximate surface area is 74.4 Å². The highest BCUT2D eigenvalue weighted by Crippen LogP contribution is 2.21. The fraction of sp³-hybridized carbons (Fsp3) is 0.250. The van der Waals surface area contributed by atoms with E-state index in [1.807, 2.05) is 0 Å². The van der Waals surface area contributed by atoms with Crippen LogP contribution < -0.4 is 5.32 Å². The lowest BCUT2D eigenvalue weighted by atomic mass is 10.3. The summed E-state index contributed by atoms with van der Waals surface area (Å²) >= 11 is 3.42. The van der Waals surface area contributed by atoms with E-state index in [0.717, 1.165) is 4.48 Å². The third-order valence-electron chi connectivity index (χ3n) is 1.75. The number of rotatable bonds is 0. The van der Waals surface area contributed by atoms with Crippen molar-refractivity contribution >= 4 is 15.9 Å². The SMILES string of the molecule is CC1=CN2C=C(Br)C=CC2N1. The Balaban J connectivity index is 2.26. The number of nitrogens with zero attached hydrogens (tertiary/aromatic N) is 1. The zero-order valence-corrected chi connectivity index (χ0v) is 7.80. The van der Waals surface area contributed by atoms with Gasteiger partial charge in [0.05, 0.1) is 0 Å². The van der Waals surface area contributed by atoms with Crippen LogP contribution in [0.3, 0.4) is 0 Å². The fourth-order valence-corrected chi connectivity index (χ4v) is 1.67. The Morgan fingerprint density at radius 2 is 2.36 bits per heavy atom. The largest absolute Gasteiger partial charge is 0.364 e. The average Bonchev–Trinajstić information content (AvgIpc) is 2.27. The molecule has 0 saturated heterocycles. The van der Waals surface area contributed by atoms with Crippen molar-refractivity contribution < 1.29 is 0 Å². The van der Waals surface area contributed by atoms with Gasteiger partial charge in [0.15, 0.2) is 0 Å². The summed E-state index contributed by atoms with van der Waals surface area (Å²) in [6.45, 7) is 2.06. The van der Waals surface area contributed by atoms with E-state index in [1.54, 1.807) is 0 Å². The summed E-state index contributed by atoms with van der Waals surface area (Å²) in [6, 6.07) is 0. The van der Waals surface area contributed by atoms with Gasteiger partial charge in [-0.25, -0.2) is 0 Å². The molecule has 58 valence electrons. The molecule has 1 unspecified atom stereocenters. The van der Waals surface area contributed by atoms with E-state index >= 15 is 0 Å². The molecular formula is C8H9BrN2. The molecular weight excluding hydrogens is 204 g/mol. The van der Waals surface area contributed by atoms with Crippen LogP contribution in [-0.4, -0.2) is 11.1 Å². The first-order valence-electron chi connectivity index (χ1n) is 3.53. The highest BCUT2D eigenvalue weighted by atomic mass is 79.9. The van der Waals surface area contributed by atoms with Crippen LogP contribution in [0.1, 0.15) is 6.92 Å². The zero-order chi connectivity index (χ0) is 7.84. The van der Waals surface area contributed by atoms with Gasteiger partial charge in [-0.15, -0.1) is 0 Å². The molecule has 0 radical (unpaired) electrons. The van der Waals surface area contributed by atoms with E-state index in [0.29, 0.717) is 6.17 Å². The fourth-order valence-electron chi connectivity index (χ4n) is 1.28. The van der Waals surface area contributed by atoms with Crippen LogP contribution in [0.5, 0.6) is 0 Å². The molecule has 2 aliphatic heterocycles. The van der Waals surface area contributed by atoms with Crippen LogP contribution in [0.2, 0.25) is 0 Å². The Morgan fingerprint density at radius 3 is 3.18 bits per heavy atom. The van der Waals surface area contributed by atoms with E-state index in [2.05, 4.69) is 57.6 Å². The Morgan fingerprint density at radius 1 is 1.55 bits per heavy atom. The molecule has 0 aromatic heterocycles. The van der Waals surface area contributed by atoms with Crippen molar-refractivity contribution in [3.63, 3.8) is 0 Å². The van der Waals surface area contributed by atoms with Crippen molar-refractivity contribution in [2.24, 2.45) is 0 Å². The maximum absolute atomic E-state index is 3.42. The first-order valence-corrected chi connectivity index (χ1v) is 4.33. The summed E-state index contributed by atoms with van der Waals surface area (Å²) in [5.74, 6) is 0. The number of allylic oxidation sites excluding steroid dienone is 3. The molecule has 2 aliphatic rings. The molecule has 1 atom stereocenters. The van der Waals surface area contributed by atoms with E-state index in [-0.39, 0.29) is 0 Å². The van der Waals surface area contributed by atoms with E-state index in [9.17, 15) is 0 Å². The maximum Gasteiger partial charge on any atom is 0.122 e. The average molecular weight is 213 g/mol. The second kappa shape index (κ2) is 2.41. The highest BCUT2D eigenvalue weighted by molar-refractivity contribution is 9.11. The predicted octanol–water partition coefficient (Wildman–Crippen LogP) is 1.89. The summed E-state index contributed by atoms with van der Waals surface area (Å²) in [5, 5.41) is 3.31. The molecule has 0 aromatic rings. The normalized spacial score (nSPS) is 27.5. The molecule has 1 N–H and O–H groups in total. The van der Waals surface area contributed by atoms with Gasteiger partial charge in [-0.05, 0) is 35.0 Å².